The van der Waals surface area contributed by atoms with Gasteiger partial charge in [-0.05, 0) is 55.9 Å². The van der Waals surface area contributed by atoms with Crippen LogP contribution in [0.25, 0.3) is 0 Å². The van der Waals surface area contributed by atoms with Crippen molar-refractivity contribution in [3.05, 3.63) is 30.1 Å². The summed E-state index contributed by atoms with van der Waals surface area (Å²) < 4.78 is 18.3. The standard InChI is InChI=1S/C16H22FNO2/c1-4-20-14(19)16(11-5-10-15(16,2)3)18-13-8-6-12(17)7-9-13/h6-9,18H,4-5,10-11H2,1-3H3. The Bertz CT molecular complexity index is 484. The van der Waals surface area contributed by atoms with Crippen LogP contribution in [0.5, 0.6) is 0 Å². The van der Waals surface area contributed by atoms with Crippen molar-refractivity contribution in [1.82, 2.24) is 0 Å². The van der Waals surface area contributed by atoms with Gasteiger partial charge in [0.1, 0.15) is 11.4 Å². The molecule has 1 N–H and O–H groups in total. The summed E-state index contributed by atoms with van der Waals surface area (Å²) in [6.45, 7) is 6.33. The summed E-state index contributed by atoms with van der Waals surface area (Å²) >= 11 is 0. The van der Waals surface area contributed by atoms with E-state index in [2.05, 4.69) is 19.2 Å². The van der Waals surface area contributed by atoms with Gasteiger partial charge in [-0.15, -0.1) is 0 Å². The fraction of sp³-hybridized carbons (Fsp3) is 0.562. The van der Waals surface area contributed by atoms with Crippen LogP contribution in [0.4, 0.5) is 10.1 Å². The third-order valence-corrected chi connectivity index (χ3v) is 4.33. The van der Waals surface area contributed by atoms with E-state index >= 15 is 0 Å². The molecule has 1 atom stereocenters. The van der Waals surface area contributed by atoms with Crippen molar-refractivity contribution in [3.63, 3.8) is 0 Å². The minimum Gasteiger partial charge on any atom is -0.464 e. The highest BCUT2D eigenvalue weighted by molar-refractivity contribution is 5.86. The van der Waals surface area contributed by atoms with Gasteiger partial charge in [-0.1, -0.05) is 13.8 Å². The van der Waals surface area contributed by atoms with Gasteiger partial charge in [0.15, 0.2) is 0 Å². The number of benzene rings is 1. The molecule has 0 aromatic heterocycles. The van der Waals surface area contributed by atoms with E-state index in [1.807, 2.05) is 6.92 Å². The molecule has 1 unspecified atom stereocenters. The lowest BCUT2D eigenvalue weighted by Crippen LogP contribution is -2.54. The molecule has 0 amide bonds. The first-order valence-electron chi connectivity index (χ1n) is 7.12. The molecule has 0 bridgehead atoms. The SMILES string of the molecule is CCOC(=O)C1(Nc2ccc(F)cc2)CCCC1(C)C. The zero-order valence-electron chi connectivity index (χ0n) is 12.3. The molecule has 0 radical (unpaired) electrons. The second-order valence-corrected chi connectivity index (χ2v) is 6.00. The van der Waals surface area contributed by atoms with Crippen molar-refractivity contribution in [3.8, 4) is 0 Å². The van der Waals surface area contributed by atoms with E-state index in [0.29, 0.717) is 6.61 Å². The van der Waals surface area contributed by atoms with Crippen LogP contribution in [0.15, 0.2) is 24.3 Å². The predicted molar refractivity (Wildman–Crippen MR) is 77.0 cm³/mol. The lowest BCUT2D eigenvalue weighted by molar-refractivity contribution is -0.151. The van der Waals surface area contributed by atoms with Gasteiger partial charge in [0.25, 0.3) is 0 Å². The molecule has 0 saturated heterocycles. The van der Waals surface area contributed by atoms with Gasteiger partial charge >= 0.3 is 5.97 Å². The molecule has 2 rings (SSSR count). The number of hydrogen-bond donors (Lipinski definition) is 1. The van der Waals surface area contributed by atoms with Crippen molar-refractivity contribution in [2.24, 2.45) is 5.41 Å². The third kappa shape index (κ3) is 2.51. The topological polar surface area (TPSA) is 38.3 Å². The second kappa shape index (κ2) is 5.43. The van der Waals surface area contributed by atoms with E-state index in [4.69, 9.17) is 4.74 Å². The highest BCUT2D eigenvalue weighted by Gasteiger charge is 2.55. The molecule has 0 spiro atoms. The normalized spacial score (nSPS) is 24.4. The first-order valence-corrected chi connectivity index (χ1v) is 7.12. The summed E-state index contributed by atoms with van der Waals surface area (Å²) in [5, 5.41) is 3.32. The zero-order valence-corrected chi connectivity index (χ0v) is 12.3. The number of carbonyl (C=O) groups excluding carboxylic acids is 1. The van der Waals surface area contributed by atoms with Crippen LogP contribution in [-0.2, 0) is 9.53 Å². The highest BCUT2D eigenvalue weighted by Crippen LogP contribution is 2.48. The lowest BCUT2D eigenvalue weighted by atomic mass is 9.74. The molecule has 1 aliphatic rings. The second-order valence-electron chi connectivity index (χ2n) is 6.00. The molecule has 0 aliphatic heterocycles. The molecular formula is C16H22FNO2. The van der Waals surface area contributed by atoms with E-state index in [0.717, 1.165) is 24.9 Å². The Morgan fingerprint density at radius 1 is 1.30 bits per heavy atom. The Morgan fingerprint density at radius 2 is 1.95 bits per heavy atom. The van der Waals surface area contributed by atoms with Crippen LogP contribution in [0.2, 0.25) is 0 Å². The van der Waals surface area contributed by atoms with Crippen LogP contribution in [0.1, 0.15) is 40.0 Å². The van der Waals surface area contributed by atoms with Gasteiger partial charge in [-0.2, -0.15) is 0 Å². The molecule has 1 aliphatic carbocycles. The number of nitrogens with one attached hydrogen (secondary N) is 1. The van der Waals surface area contributed by atoms with Crippen molar-refractivity contribution < 1.29 is 13.9 Å². The van der Waals surface area contributed by atoms with Crippen LogP contribution >= 0.6 is 0 Å². The fourth-order valence-electron chi connectivity index (χ4n) is 3.04. The number of halogens is 1. The predicted octanol–water partition coefficient (Wildman–Crippen LogP) is 3.75. The Hall–Kier alpha value is -1.58. The Labute approximate surface area is 119 Å². The fourth-order valence-corrected chi connectivity index (χ4v) is 3.04. The van der Waals surface area contributed by atoms with Gasteiger partial charge < -0.3 is 10.1 Å². The third-order valence-electron chi connectivity index (χ3n) is 4.33. The maximum atomic E-state index is 13.0. The average Bonchev–Trinajstić information content (AvgIpc) is 2.69. The first kappa shape index (κ1) is 14.8. The van der Waals surface area contributed by atoms with Gasteiger partial charge in [-0.25, -0.2) is 9.18 Å². The van der Waals surface area contributed by atoms with E-state index in [1.54, 1.807) is 12.1 Å². The van der Waals surface area contributed by atoms with Crippen LogP contribution in [0, 0.1) is 11.2 Å². The number of ether oxygens (including phenoxy) is 1. The van der Waals surface area contributed by atoms with Crippen LogP contribution in [0.3, 0.4) is 0 Å². The van der Waals surface area contributed by atoms with Crippen LogP contribution < -0.4 is 5.32 Å². The molecule has 1 fully saturated rings. The highest BCUT2D eigenvalue weighted by atomic mass is 19.1. The number of hydrogen-bond acceptors (Lipinski definition) is 3. The lowest BCUT2D eigenvalue weighted by Gasteiger charge is -2.40. The quantitative estimate of drug-likeness (QED) is 0.853. The summed E-state index contributed by atoms with van der Waals surface area (Å²) in [5.74, 6) is -0.502. The van der Waals surface area contributed by atoms with E-state index in [1.165, 1.54) is 12.1 Å². The summed E-state index contributed by atoms with van der Waals surface area (Å²) in [6.07, 6.45) is 2.66. The minimum atomic E-state index is -0.735. The van der Waals surface area contributed by atoms with Gasteiger partial charge in [-0.3, -0.25) is 0 Å². The Balaban J connectivity index is 2.32. The number of carbonyl (C=O) groups is 1. The number of rotatable bonds is 4. The summed E-state index contributed by atoms with van der Waals surface area (Å²) in [4.78, 5) is 12.5. The monoisotopic (exact) mass is 279 g/mol. The van der Waals surface area contributed by atoms with Crippen LogP contribution in [-0.4, -0.2) is 18.1 Å². The van der Waals surface area contributed by atoms with Crippen molar-refractivity contribution in [2.45, 2.75) is 45.6 Å². The maximum absolute atomic E-state index is 13.0. The molecule has 1 saturated carbocycles. The van der Waals surface area contributed by atoms with Gasteiger partial charge in [0, 0.05) is 5.69 Å². The molecule has 1 aromatic carbocycles. The number of anilines is 1. The maximum Gasteiger partial charge on any atom is 0.332 e. The number of esters is 1. The van der Waals surface area contributed by atoms with E-state index < -0.39 is 5.54 Å². The smallest absolute Gasteiger partial charge is 0.332 e. The Morgan fingerprint density at radius 3 is 2.45 bits per heavy atom. The summed E-state index contributed by atoms with van der Waals surface area (Å²) in [6, 6.07) is 6.10. The van der Waals surface area contributed by atoms with Gasteiger partial charge in [0.2, 0.25) is 0 Å². The zero-order chi connectivity index (χ0) is 14.8. The molecule has 110 valence electrons. The summed E-state index contributed by atoms with van der Waals surface area (Å²) in [7, 11) is 0. The van der Waals surface area contributed by atoms with Crippen molar-refractivity contribution in [2.75, 3.05) is 11.9 Å². The minimum absolute atomic E-state index is 0.201. The molecule has 3 nitrogen and oxygen atoms in total. The average molecular weight is 279 g/mol. The van der Waals surface area contributed by atoms with Gasteiger partial charge in [0.05, 0.1) is 6.61 Å². The molecule has 4 heteroatoms. The Kier molecular flexibility index (Phi) is 4.02. The largest absolute Gasteiger partial charge is 0.464 e. The first-order chi connectivity index (χ1) is 9.41. The van der Waals surface area contributed by atoms with Crippen molar-refractivity contribution >= 4 is 11.7 Å². The molecule has 0 heterocycles. The van der Waals surface area contributed by atoms with E-state index in [9.17, 15) is 9.18 Å². The molecule has 20 heavy (non-hydrogen) atoms. The van der Waals surface area contributed by atoms with Crippen molar-refractivity contribution in [1.29, 1.82) is 0 Å². The molecular weight excluding hydrogens is 257 g/mol. The van der Waals surface area contributed by atoms with E-state index in [-0.39, 0.29) is 17.2 Å². The molecule has 1 aromatic rings. The summed E-state index contributed by atoms with van der Waals surface area (Å²) in [5.41, 5.74) is -0.191.